The first-order valence-corrected chi connectivity index (χ1v) is 10.5. The zero-order chi connectivity index (χ0) is 21.2. The molecule has 2 aromatic heterocycles. The molecule has 1 atom stereocenters. The lowest BCUT2D eigenvalue weighted by Crippen LogP contribution is -2.40. The zero-order valence-corrected chi connectivity index (χ0v) is 17.0. The number of likely N-dealkylation sites (tertiary alicyclic amines) is 1. The van der Waals surface area contributed by atoms with Crippen LogP contribution in [0.3, 0.4) is 0 Å². The van der Waals surface area contributed by atoms with Crippen LogP contribution in [0, 0.1) is 11.7 Å². The fourth-order valence-electron chi connectivity index (χ4n) is 4.14. The van der Waals surface area contributed by atoms with E-state index in [1.165, 1.54) is 12.1 Å². The molecule has 1 fully saturated rings. The number of benzene rings is 2. The summed E-state index contributed by atoms with van der Waals surface area (Å²) in [6.45, 7) is 2.19. The fraction of sp³-hybridized carbons (Fsp3) is 0.250. The first-order valence-electron chi connectivity index (χ1n) is 10.5. The lowest BCUT2D eigenvalue weighted by atomic mass is 9.97. The van der Waals surface area contributed by atoms with Crippen molar-refractivity contribution < 1.29 is 13.6 Å². The molecule has 1 amide bonds. The summed E-state index contributed by atoms with van der Waals surface area (Å²) in [5, 5.41) is 3.03. The highest BCUT2D eigenvalue weighted by Gasteiger charge is 2.26. The highest BCUT2D eigenvalue weighted by Crippen LogP contribution is 2.24. The number of rotatable bonds is 5. The van der Waals surface area contributed by atoms with E-state index in [-0.39, 0.29) is 17.6 Å². The van der Waals surface area contributed by atoms with E-state index in [0.29, 0.717) is 18.6 Å². The van der Waals surface area contributed by atoms with Gasteiger partial charge in [0, 0.05) is 17.8 Å². The molecule has 0 radical (unpaired) electrons. The van der Waals surface area contributed by atoms with E-state index in [1.54, 1.807) is 12.3 Å². The van der Waals surface area contributed by atoms with Crippen molar-refractivity contribution in [3.8, 4) is 11.3 Å². The topological polar surface area (TPSA) is 74.2 Å². The molecular formula is C24H23FN4O2. The number of fused-ring (bicyclic) bond motifs is 1. The van der Waals surface area contributed by atoms with Crippen molar-refractivity contribution in [3.05, 3.63) is 72.5 Å². The van der Waals surface area contributed by atoms with Crippen LogP contribution in [-0.2, 0) is 11.3 Å². The van der Waals surface area contributed by atoms with Crippen LogP contribution in [0.25, 0.3) is 22.4 Å². The van der Waals surface area contributed by atoms with Crippen molar-refractivity contribution in [3.63, 3.8) is 0 Å². The number of nitrogens with one attached hydrogen (secondary N) is 2. The largest absolute Gasteiger partial charge is 0.464 e. The molecule has 0 saturated carbocycles. The summed E-state index contributed by atoms with van der Waals surface area (Å²) in [5.74, 6) is 1.25. The van der Waals surface area contributed by atoms with Crippen molar-refractivity contribution in [2.24, 2.45) is 5.92 Å². The summed E-state index contributed by atoms with van der Waals surface area (Å²) in [5.41, 5.74) is 3.19. The number of furan rings is 1. The average molecular weight is 418 g/mol. The highest BCUT2D eigenvalue weighted by molar-refractivity contribution is 5.93. The molecule has 4 aromatic rings. The summed E-state index contributed by atoms with van der Waals surface area (Å²) < 4.78 is 18.8. The maximum Gasteiger partial charge on any atom is 0.228 e. The van der Waals surface area contributed by atoms with Crippen molar-refractivity contribution in [1.82, 2.24) is 14.9 Å². The molecule has 1 saturated heterocycles. The van der Waals surface area contributed by atoms with Gasteiger partial charge in [-0.15, -0.1) is 0 Å². The van der Waals surface area contributed by atoms with E-state index in [4.69, 9.17) is 4.42 Å². The monoisotopic (exact) mass is 418 g/mol. The van der Waals surface area contributed by atoms with E-state index in [9.17, 15) is 9.18 Å². The Morgan fingerprint density at radius 2 is 2.10 bits per heavy atom. The molecule has 2 N–H and O–H groups in total. The second-order valence-corrected chi connectivity index (χ2v) is 7.96. The molecule has 6 nitrogen and oxygen atoms in total. The van der Waals surface area contributed by atoms with Crippen LogP contribution in [0.15, 0.2) is 65.3 Å². The van der Waals surface area contributed by atoms with Crippen LogP contribution in [-0.4, -0.2) is 33.9 Å². The normalized spacial score (nSPS) is 17.1. The second kappa shape index (κ2) is 8.35. The minimum Gasteiger partial charge on any atom is -0.464 e. The lowest BCUT2D eigenvalue weighted by molar-refractivity contribution is -0.121. The van der Waals surface area contributed by atoms with E-state index in [0.717, 1.165) is 47.7 Å². The molecule has 0 spiro atoms. The number of hydrogen-bond donors (Lipinski definition) is 2. The molecule has 0 aliphatic carbocycles. The summed E-state index contributed by atoms with van der Waals surface area (Å²) >= 11 is 0. The van der Waals surface area contributed by atoms with E-state index in [1.807, 2.05) is 36.4 Å². The Balaban J connectivity index is 1.20. The number of halogens is 1. The Morgan fingerprint density at radius 1 is 1.23 bits per heavy atom. The average Bonchev–Trinajstić information content (AvgIpc) is 3.44. The minimum atomic E-state index is -0.283. The van der Waals surface area contributed by atoms with Gasteiger partial charge < -0.3 is 14.7 Å². The lowest BCUT2D eigenvalue weighted by Gasteiger charge is -2.31. The van der Waals surface area contributed by atoms with Crippen molar-refractivity contribution in [1.29, 1.82) is 0 Å². The quantitative estimate of drug-likeness (QED) is 0.488. The Hall–Kier alpha value is -3.45. The molecule has 158 valence electrons. The number of carbonyl (C=O) groups excluding carboxylic acids is 1. The number of anilines is 1. The molecule has 7 heteroatoms. The SMILES string of the molecule is O=C(Nc1ccc(-c2ccco2)cc1)C1CCCN(Cc2nc3ccc(F)cc3[nH]2)C1. The van der Waals surface area contributed by atoms with Gasteiger partial charge in [0.25, 0.3) is 0 Å². The number of piperidine rings is 1. The molecule has 1 aliphatic rings. The Bertz CT molecular complexity index is 1180. The first kappa shape index (κ1) is 19.5. The van der Waals surface area contributed by atoms with Gasteiger partial charge in [0.05, 0.1) is 29.8 Å². The predicted octanol–water partition coefficient (Wildman–Crippen LogP) is 4.81. The highest BCUT2D eigenvalue weighted by atomic mass is 19.1. The number of H-pyrrole nitrogens is 1. The van der Waals surface area contributed by atoms with Crippen LogP contribution in [0.1, 0.15) is 18.7 Å². The van der Waals surface area contributed by atoms with Crippen LogP contribution in [0.5, 0.6) is 0 Å². The smallest absolute Gasteiger partial charge is 0.228 e. The number of amides is 1. The molecular weight excluding hydrogens is 395 g/mol. The third-order valence-electron chi connectivity index (χ3n) is 5.70. The van der Waals surface area contributed by atoms with Gasteiger partial charge in [-0.2, -0.15) is 0 Å². The summed E-state index contributed by atoms with van der Waals surface area (Å²) in [4.78, 5) is 22.8. The fourth-order valence-corrected chi connectivity index (χ4v) is 4.14. The van der Waals surface area contributed by atoms with Gasteiger partial charge in [0.2, 0.25) is 5.91 Å². The Labute approximate surface area is 179 Å². The van der Waals surface area contributed by atoms with Crippen LogP contribution in [0.4, 0.5) is 10.1 Å². The van der Waals surface area contributed by atoms with Crippen LogP contribution >= 0.6 is 0 Å². The van der Waals surface area contributed by atoms with Gasteiger partial charge >= 0.3 is 0 Å². The Morgan fingerprint density at radius 3 is 2.90 bits per heavy atom. The molecule has 31 heavy (non-hydrogen) atoms. The van der Waals surface area contributed by atoms with Crippen LogP contribution < -0.4 is 5.32 Å². The maximum atomic E-state index is 13.4. The zero-order valence-electron chi connectivity index (χ0n) is 17.0. The molecule has 1 aliphatic heterocycles. The number of hydrogen-bond acceptors (Lipinski definition) is 4. The van der Waals surface area contributed by atoms with Gasteiger partial charge in [-0.25, -0.2) is 9.37 Å². The van der Waals surface area contributed by atoms with E-state index < -0.39 is 0 Å². The van der Waals surface area contributed by atoms with Gasteiger partial charge in [0.15, 0.2) is 0 Å². The summed E-state index contributed by atoms with van der Waals surface area (Å²) in [6, 6.07) is 16.0. The number of imidazole rings is 1. The Kier molecular flexibility index (Phi) is 5.26. The summed E-state index contributed by atoms with van der Waals surface area (Å²) in [6.07, 6.45) is 3.45. The van der Waals surface area contributed by atoms with Gasteiger partial charge in [-0.05, 0) is 74.0 Å². The van der Waals surface area contributed by atoms with Gasteiger partial charge in [-0.1, -0.05) is 0 Å². The molecule has 5 rings (SSSR count). The minimum absolute atomic E-state index is 0.0297. The van der Waals surface area contributed by atoms with Crippen molar-refractivity contribution >= 4 is 22.6 Å². The van der Waals surface area contributed by atoms with Crippen molar-refractivity contribution in [2.45, 2.75) is 19.4 Å². The first-order chi connectivity index (χ1) is 15.1. The maximum absolute atomic E-state index is 13.4. The number of aromatic nitrogens is 2. The second-order valence-electron chi connectivity index (χ2n) is 7.96. The molecule has 2 aromatic carbocycles. The third kappa shape index (κ3) is 4.36. The molecule has 1 unspecified atom stereocenters. The summed E-state index contributed by atoms with van der Waals surface area (Å²) in [7, 11) is 0. The van der Waals surface area contributed by atoms with Gasteiger partial charge in [-0.3, -0.25) is 9.69 Å². The molecule has 0 bridgehead atoms. The van der Waals surface area contributed by atoms with Crippen molar-refractivity contribution in [2.75, 3.05) is 18.4 Å². The van der Waals surface area contributed by atoms with Gasteiger partial charge in [0.1, 0.15) is 17.4 Å². The van der Waals surface area contributed by atoms with Crippen LogP contribution in [0.2, 0.25) is 0 Å². The third-order valence-corrected chi connectivity index (χ3v) is 5.70. The predicted molar refractivity (Wildman–Crippen MR) is 117 cm³/mol. The number of nitrogens with zero attached hydrogens (tertiary/aromatic N) is 2. The van der Waals surface area contributed by atoms with E-state index >= 15 is 0 Å². The molecule has 3 heterocycles. The number of carbonyl (C=O) groups is 1. The number of aromatic amines is 1. The standard InChI is InChI=1S/C24H23FN4O2/c25-18-7-10-20-21(13-18)28-23(27-20)15-29-11-1-3-17(14-29)24(30)26-19-8-5-16(6-9-19)22-4-2-12-31-22/h2,4-10,12-13,17H,1,3,11,14-15H2,(H,26,30)(H,27,28). The van der Waals surface area contributed by atoms with E-state index in [2.05, 4.69) is 20.2 Å².